The van der Waals surface area contributed by atoms with Gasteiger partial charge in [-0.05, 0) is 38.0 Å². The highest BCUT2D eigenvalue weighted by Gasteiger charge is 2.25. The smallest absolute Gasteiger partial charge is 0.257 e. The summed E-state index contributed by atoms with van der Waals surface area (Å²) in [4.78, 5) is 26.4. The van der Waals surface area contributed by atoms with E-state index in [1.54, 1.807) is 23.0 Å². The monoisotopic (exact) mass is 376 g/mol. The summed E-state index contributed by atoms with van der Waals surface area (Å²) >= 11 is 6.10. The molecule has 0 saturated heterocycles. The summed E-state index contributed by atoms with van der Waals surface area (Å²) in [6.45, 7) is 8.73. The lowest BCUT2D eigenvalue weighted by atomic mass is 10.0. The molecule has 1 aromatic heterocycles. The van der Waals surface area contributed by atoms with Crippen LogP contribution in [0.15, 0.2) is 30.5 Å². The first-order chi connectivity index (χ1) is 12.4. The molecular formula is C19H25ClN4O2. The molecule has 2 amide bonds. The van der Waals surface area contributed by atoms with Gasteiger partial charge >= 0.3 is 0 Å². The summed E-state index contributed by atoms with van der Waals surface area (Å²) in [7, 11) is 0. The first-order valence-corrected chi connectivity index (χ1v) is 9.16. The molecular weight excluding hydrogens is 352 g/mol. The minimum atomic E-state index is -0.198. The van der Waals surface area contributed by atoms with Gasteiger partial charge in [0.25, 0.3) is 5.91 Å². The second-order valence-electron chi connectivity index (χ2n) is 6.26. The lowest BCUT2D eigenvalue weighted by Gasteiger charge is -2.21. The van der Waals surface area contributed by atoms with Crippen LogP contribution in [0, 0.1) is 0 Å². The van der Waals surface area contributed by atoms with Crippen LogP contribution in [-0.4, -0.2) is 46.1 Å². The van der Waals surface area contributed by atoms with Crippen LogP contribution in [0.25, 0.3) is 5.69 Å². The molecule has 1 N–H and O–H groups in total. The number of hydrogen-bond acceptors (Lipinski definition) is 3. The van der Waals surface area contributed by atoms with E-state index in [0.717, 1.165) is 11.4 Å². The molecule has 0 radical (unpaired) electrons. The van der Waals surface area contributed by atoms with Crippen LogP contribution in [0.1, 0.15) is 49.7 Å². The lowest BCUT2D eigenvalue weighted by molar-refractivity contribution is -0.121. The lowest BCUT2D eigenvalue weighted by Crippen LogP contribution is -2.40. The molecule has 26 heavy (non-hydrogen) atoms. The first-order valence-electron chi connectivity index (χ1n) is 8.78. The highest BCUT2D eigenvalue weighted by atomic mass is 35.5. The number of rotatable bonds is 7. The summed E-state index contributed by atoms with van der Waals surface area (Å²) in [6.07, 6.45) is 1.57. The molecule has 0 saturated carbocycles. The number of aromatic nitrogens is 2. The fourth-order valence-electron chi connectivity index (χ4n) is 2.82. The third kappa shape index (κ3) is 4.43. The number of nitrogens with zero attached hydrogens (tertiary/aromatic N) is 3. The highest BCUT2D eigenvalue weighted by Crippen LogP contribution is 2.25. The fourth-order valence-corrected chi connectivity index (χ4v) is 3.00. The maximum absolute atomic E-state index is 13.0. The van der Waals surface area contributed by atoms with E-state index in [4.69, 9.17) is 11.6 Å². The number of hydrogen-bond donors (Lipinski definition) is 1. The van der Waals surface area contributed by atoms with E-state index >= 15 is 0 Å². The Balaban J connectivity index is 2.40. The van der Waals surface area contributed by atoms with Crippen molar-refractivity contribution in [1.29, 1.82) is 0 Å². The number of amides is 2. The van der Waals surface area contributed by atoms with Gasteiger partial charge < -0.3 is 10.2 Å². The molecule has 2 rings (SSSR count). The Labute approximate surface area is 159 Å². The van der Waals surface area contributed by atoms with Gasteiger partial charge in [-0.25, -0.2) is 4.68 Å². The number of benzene rings is 1. The summed E-state index contributed by atoms with van der Waals surface area (Å²) in [5.74, 6) is -0.301. The third-order valence-electron chi connectivity index (χ3n) is 4.01. The molecule has 0 fully saturated rings. The van der Waals surface area contributed by atoms with Crippen LogP contribution < -0.4 is 5.32 Å². The Hall–Kier alpha value is -2.34. The van der Waals surface area contributed by atoms with E-state index in [1.807, 2.05) is 39.8 Å². The maximum atomic E-state index is 13.0. The number of likely N-dealkylation sites (N-methyl/N-ethyl adjacent to an activating group) is 2. The van der Waals surface area contributed by atoms with Crippen molar-refractivity contribution in [2.24, 2.45) is 0 Å². The number of halogens is 1. The Morgan fingerprint density at radius 2 is 2.04 bits per heavy atom. The van der Waals surface area contributed by atoms with Crippen LogP contribution in [0.4, 0.5) is 0 Å². The quantitative estimate of drug-likeness (QED) is 0.806. The topological polar surface area (TPSA) is 67.2 Å². The maximum Gasteiger partial charge on any atom is 0.257 e. The number of carbonyl (C=O) groups is 2. The van der Waals surface area contributed by atoms with Gasteiger partial charge in [-0.2, -0.15) is 5.10 Å². The van der Waals surface area contributed by atoms with Gasteiger partial charge in [-0.15, -0.1) is 0 Å². The van der Waals surface area contributed by atoms with E-state index in [2.05, 4.69) is 10.4 Å². The van der Waals surface area contributed by atoms with E-state index in [1.165, 1.54) is 4.90 Å². The zero-order valence-electron chi connectivity index (χ0n) is 15.6. The Bertz CT molecular complexity index is 786. The molecule has 1 heterocycles. The van der Waals surface area contributed by atoms with Crippen molar-refractivity contribution in [3.8, 4) is 5.69 Å². The Morgan fingerprint density at radius 3 is 2.62 bits per heavy atom. The molecule has 2 aromatic rings. The summed E-state index contributed by atoms with van der Waals surface area (Å²) in [6, 6.07) is 7.34. The Kier molecular flexibility index (Phi) is 6.80. The van der Waals surface area contributed by atoms with Crippen molar-refractivity contribution in [3.05, 3.63) is 46.7 Å². The van der Waals surface area contributed by atoms with Gasteiger partial charge in [0, 0.05) is 18.1 Å². The SMILES string of the molecule is CCNC(=O)CN(CC)C(=O)c1cnn(-c2cccc(Cl)c2)c1C(C)C. The second kappa shape index (κ2) is 8.85. The van der Waals surface area contributed by atoms with Crippen LogP contribution in [0.2, 0.25) is 5.02 Å². The molecule has 0 bridgehead atoms. The fraction of sp³-hybridized carbons (Fsp3) is 0.421. The highest BCUT2D eigenvalue weighted by molar-refractivity contribution is 6.30. The molecule has 0 aliphatic rings. The molecule has 0 atom stereocenters. The van der Waals surface area contributed by atoms with Crippen LogP contribution in [0.5, 0.6) is 0 Å². The largest absolute Gasteiger partial charge is 0.355 e. The standard InChI is InChI=1S/C19H25ClN4O2/c1-5-21-17(25)12-23(6-2)19(26)16-11-22-24(18(16)13(3)4)15-9-7-8-14(20)10-15/h7-11,13H,5-6,12H2,1-4H3,(H,21,25). The van der Waals surface area contributed by atoms with Gasteiger partial charge in [-0.3, -0.25) is 9.59 Å². The predicted octanol–water partition coefficient (Wildman–Crippen LogP) is 3.25. The van der Waals surface area contributed by atoms with Crippen molar-refractivity contribution in [1.82, 2.24) is 20.0 Å². The molecule has 0 aliphatic carbocycles. The zero-order chi connectivity index (χ0) is 19.3. The van der Waals surface area contributed by atoms with E-state index in [0.29, 0.717) is 23.7 Å². The summed E-state index contributed by atoms with van der Waals surface area (Å²) in [5, 5.41) is 7.74. The molecule has 0 unspecified atom stereocenters. The van der Waals surface area contributed by atoms with Gasteiger partial charge in [0.1, 0.15) is 0 Å². The summed E-state index contributed by atoms with van der Waals surface area (Å²) in [5.41, 5.74) is 2.10. The zero-order valence-corrected chi connectivity index (χ0v) is 16.4. The first kappa shape index (κ1) is 20.0. The molecule has 7 heteroatoms. The van der Waals surface area contributed by atoms with Crippen LogP contribution in [0.3, 0.4) is 0 Å². The second-order valence-corrected chi connectivity index (χ2v) is 6.70. The van der Waals surface area contributed by atoms with E-state index in [-0.39, 0.29) is 24.3 Å². The molecule has 140 valence electrons. The van der Waals surface area contributed by atoms with Crippen molar-refractivity contribution < 1.29 is 9.59 Å². The number of nitrogens with one attached hydrogen (secondary N) is 1. The number of carbonyl (C=O) groups excluding carboxylic acids is 2. The molecule has 1 aromatic carbocycles. The van der Waals surface area contributed by atoms with Crippen LogP contribution >= 0.6 is 11.6 Å². The van der Waals surface area contributed by atoms with Crippen molar-refractivity contribution in [3.63, 3.8) is 0 Å². The van der Waals surface area contributed by atoms with Crippen molar-refractivity contribution >= 4 is 23.4 Å². The Morgan fingerprint density at radius 1 is 1.31 bits per heavy atom. The average molecular weight is 377 g/mol. The normalized spacial score (nSPS) is 10.8. The van der Waals surface area contributed by atoms with Gasteiger partial charge in [0.15, 0.2) is 0 Å². The third-order valence-corrected chi connectivity index (χ3v) is 4.25. The van der Waals surface area contributed by atoms with Gasteiger partial charge in [0.2, 0.25) is 5.91 Å². The van der Waals surface area contributed by atoms with Crippen molar-refractivity contribution in [2.45, 2.75) is 33.6 Å². The molecule has 6 nitrogen and oxygen atoms in total. The van der Waals surface area contributed by atoms with E-state index in [9.17, 15) is 9.59 Å². The van der Waals surface area contributed by atoms with Gasteiger partial charge in [-0.1, -0.05) is 31.5 Å². The predicted molar refractivity (Wildman–Crippen MR) is 103 cm³/mol. The van der Waals surface area contributed by atoms with Gasteiger partial charge in [0.05, 0.1) is 29.7 Å². The van der Waals surface area contributed by atoms with E-state index < -0.39 is 0 Å². The minimum absolute atomic E-state index is 0.0308. The van der Waals surface area contributed by atoms with Crippen molar-refractivity contribution in [2.75, 3.05) is 19.6 Å². The molecule has 0 spiro atoms. The molecule has 0 aliphatic heterocycles. The van der Waals surface area contributed by atoms with Crippen LogP contribution in [-0.2, 0) is 4.79 Å². The summed E-state index contributed by atoms with van der Waals surface area (Å²) < 4.78 is 1.74. The average Bonchev–Trinajstić information content (AvgIpc) is 3.04. The minimum Gasteiger partial charge on any atom is -0.355 e.